The second-order valence-electron chi connectivity index (χ2n) is 11.9. The van der Waals surface area contributed by atoms with Crippen molar-refractivity contribution in [3.8, 4) is 28.0 Å². The Kier molecular flexibility index (Phi) is 13.9. The molecule has 0 radical (unpaired) electrons. The van der Waals surface area contributed by atoms with Crippen molar-refractivity contribution >= 4 is 43.1 Å². The van der Waals surface area contributed by atoms with Gasteiger partial charge in [-0.2, -0.15) is 0 Å². The van der Waals surface area contributed by atoms with Gasteiger partial charge in [-0.05, 0) is 86.8 Å². The Morgan fingerprint density at radius 1 is 0.783 bits per heavy atom. The van der Waals surface area contributed by atoms with Crippen LogP contribution in [-0.2, 0) is 12.9 Å². The van der Waals surface area contributed by atoms with Gasteiger partial charge in [0.1, 0.15) is 5.75 Å². The van der Waals surface area contributed by atoms with Crippen LogP contribution in [0.4, 0.5) is 11.4 Å². The van der Waals surface area contributed by atoms with Gasteiger partial charge in [0.2, 0.25) is 0 Å². The minimum atomic E-state index is 0.0699. The van der Waals surface area contributed by atoms with E-state index in [-0.39, 0.29) is 12.1 Å². The molecule has 0 bridgehead atoms. The van der Waals surface area contributed by atoms with E-state index >= 15 is 0 Å². The number of rotatable bonds is 9. The molecule has 7 heteroatoms. The molecule has 46 heavy (non-hydrogen) atoms. The summed E-state index contributed by atoms with van der Waals surface area (Å²) in [6.07, 6.45) is 4.09. The van der Waals surface area contributed by atoms with Crippen molar-refractivity contribution in [1.29, 1.82) is 0 Å². The summed E-state index contributed by atoms with van der Waals surface area (Å²) >= 11 is 0.382. The van der Waals surface area contributed by atoms with Gasteiger partial charge in [0.15, 0.2) is 0 Å². The van der Waals surface area contributed by atoms with Gasteiger partial charge in [0.25, 0.3) is 0 Å². The van der Waals surface area contributed by atoms with Crippen LogP contribution >= 0.6 is 20.3 Å². The number of aliphatic imine (C=N–C) groups is 2. The Morgan fingerprint density at radius 3 is 1.74 bits per heavy atom. The molecule has 5 rings (SSSR count). The molecular weight excluding hydrogens is 656 g/mol. The quantitative estimate of drug-likeness (QED) is 0.160. The molecule has 244 valence electrons. The maximum atomic E-state index is 6.43. The van der Waals surface area contributed by atoms with Crippen molar-refractivity contribution in [3.05, 3.63) is 107 Å². The zero-order valence-corrected chi connectivity index (χ0v) is 30.2. The van der Waals surface area contributed by atoms with Gasteiger partial charge in [0, 0.05) is 11.1 Å². The van der Waals surface area contributed by atoms with Crippen LogP contribution in [0.25, 0.3) is 27.6 Å². The zero-order chi connectivity index (χ0) is 33.1. The van der Waals surface area contributed by atoms with Crippen molar-refractivity contribution < 1.29 is 17.6 Å². The molecule has 0 amide bonds. The molecule has 1 aliphatic rings. The first-order valence-electron chi connectivity index (χ1n) is 15.9. The molecule has 2 atom stereocenters. The monoisotopic (exact) mass is 699 g/mol. The van der Waals surface area contributed by atoms with Gasteiger partial charge in [-0.15, -0.1) is 0 Å². The van der Waals surface area contributed by atoms with Gasteiger partial charge < -0.3 is 10.1 Å². The van der Waals surface area contributed by atoms with Crippen LogP contribution in [-0.4, -0.2) is 30.1 Å². The summed E-state index contributed by atoms with van der Waals surface area (Å²) in [6, 6.07) is 29.9. The fourth-order valence-corrected chi connectivity index (χ4v) is 6.08. The molecule has 0 aromatic heterocycles. The molecule has 0 N–H and O–H groups in total. The van der Waals surface area contributed by atoms with Gasteiger partial charge in [0.05, 0.1) is 18.0 Å². The van der Waals surface area contributed by atoms with Crippen LogP contribution in [0.1, 0.15) is 63.1 Å². The summed E-state index contributed by atoms with van der Waals surface area (Å²) in [4.78, 5) is 10.3. The summed E-state index contributed by atoms with van der Waals surface area (Å²) in [5, 5.41) is 5.28. The van der Waals surface area contributed by atoms with Crippen LogP contribution in [0.2, 0.25) is 0 Å². The van der Waals surface area contributed by atoms with Crippen LogP contribution in [0.15, 0.2) is 94.9 Å². The number of ether oxygens (including phenoxy) is 1. The predicted octanol–water partition coefficient (Wildman–Crippen LogP) is 12.3. The third-order valence-corrected chi connectivity index (χ3v) is 8.20. The minimum absolute atomic E-state index is 0.0699. The molecule has 0 saturated carbocycles. The summed E-state index contributed by atoms with van der Waals surface area (Å²) in [5.74, 6) is 0.909. The first-order chi connectivity index (χ1) is 22.2. The molecule has 1 heterocycles. The summed E-state index contributed by atoms with van der Waals surface area (Å²) in [5.41, 5.74) is 12.2. The van der Waals surface area contributed by atoms with E-state index in [2.05, 4.69) is 114 Å². The standard InChI is InChI=1S/C39H44N3O.2ClH.Co/c1-7-21-43-39-34(31-15-10-8-11-16-31)24-33(25-35(39)32-17-12-9-13-18-32)40-29(5)36-19-14-20-37(42-36)30(6)41-38-27(3)22-26(2)23-28(38)4;;;/h8-13,15-18,22-25,36-37H,7,14,19-21H2,1-6H3;2*1H;/q-1;;;+3/p-2. The average molecular weight is 701 g/mol. The zero-order valence-electron chi connectivity index (χ0n) is 27.6. The van der Waals surface area contributed by atoms with Crippen molar-refractivity contribution in [1.82, 2.24) is 0 Å². The molecule has 4 nitrogen and oxygen atoms in total. The predicted molar refractivity (Wildman–Crippen MR) is 196 cm³/mol. The van der Waals surface area contributed by atoms with E-state index in [4.69, 9.17) is 40.3 Å². The first-order valence-corrected chi connectivity index (χ1v) is 18.8. The SMILES string of the molecule is CCCOc1c(-c2ccccc2)cc(N=C(C)C2CCCC(C(C)=Nc3c(C)cc(C)cc3C)[N-]2)cc1-c1ccccc1.[Cl][Co+][Cl]. The Labute approximate surface area is 290 Å². The van der Waals surface area contributed by atoms with E-state index in [9.17, 15) is 0 Å². The Bertz CT molecular complexity index is 1560. The Morgan fingerprint density at radius 2 is 1.26 bits per heavy atom. The molecule has 4 aromatic rings. The van der Waals surface area contributed by atoms with Gasteiger partial charge in [-0.3, -0.25) is 9.98 Å². The molecule has 2 unspecified atom stereocenters. The van der Waals surface area contributed by atoms with Crippen LogP contribution in [0, 0.1) is 20.8 Å². The number of hydrogen-bond donors (Lipinski definition) is 0. The normalized spacial score (nSPS) is 17.0. The third kappa shape index (κ3) is 9.55. The second-order valence-corrected chi connectivity index (χ2v) is 13.6. The number of halogens is 2. The van der Waals surface area contributed by atoms with E-state index in [0.717, 1.165) is 76.5 Å². The summed E-state index contributed by atoms with van der Waals surface area (Å²) in [7, 11) is 9.47. The molecule has 0 aliphatic carbocycles. The second kappa shape index (κ2) is 17.8. The molecule has 1 fully saturated rings. The van der Waals surface area contributed by atoms with Crippen molar-refractivity contribution in [2.75, 3.05) is 6.61 Å². The Hall–Kier alpha value is -2.93. The number of nitrogens with zero attached hydrogens (tertiary/aromatic N) is 3. The van der Waals surface area contributed by atoms with Crippen LogP contribution in [0.3, 0.4) is 0 Å². The molecule has 1 saturated heterocycles. The number of aryl methyl sites for hydroxylation is 3. The molecule has 0 spiro atoms. The van der Waals surface area contributed by atoms with Crippen molar-refractivity contribution in [3.63, 3.8) is 0 Å². The van der Waals surface area contributed by atoms with Crippen molar-refractivity contribution in [2.45, 2.75) is 79.3 Å². The maximum absolute atomic E-state index is 6.43. The number of hydrogen-bond acceptors (Lipinski definition) is 3. The number of piperidine rings is 1. The van der Waals surface area contributed by atoms with E-state index in [1.54, 1.807) is 0 Å². The van der Waals surface area contributed by atoms with Gasteiger partial charge in [-0.25, -0.2) is 0 Å². The summed E-state index contributed by atoms with van der Waals surface area (Å²) in [6.45, 7) is 13.5. The van der Waals surface area contributed by atoms with E-state index < -0.39 is 0 Å². The van der Waals surface area contributed by atoms with E-state index in [0.29, 0.717) is 19.5 Å². The first kappa shape index (κ1) is 35.9. The van der Waals surface area contributed by atoms with E-state index in [1.165, 1.54) is 16.7 Å². The molecule has 1 aliphatic heterocycles. The van der Waals surface area contributed by atoms with Crippen molar-refractivity contribution in [2.24, 2.45) is 9.98 Å². The fraction of sp³-hybridized carbons (Fsp3) is 0.333. The fourth-order valence-electron chi connectivity index (χ4n) is 6.08. The number of benzene rings is 4. The summed E-state index contributed by atoms with van der Waals surface area (Å²) < 4.78 is 6.43. The topological polar surface area (TPSA) is 48.1 Å². The molecule has 4 aromatic carbocycles. The van der Waals surface area contributed by atoms with Crippen LogP contribution < -0.4 is 4.74 Å². The van der Waals surface area contributed by atoms with Gasteiger partial charge in [-0.1, -0.05) is 117 Å². The van der Waals surface area contributed by atoms with E-state index in [1.807, 2.05) is 12.1 Å². The average Bonchev–Trinajstić information content (AvgIpc) is 3.06. The van der Waals surface area contributed by atoms with Crippen LogP contribution in [0.5, 0.6) is 5.75 Å². The van der Waals surface area contributed by atoms with Gasteiger partial charge >= 0.3 is 33.2 Å². The molecular formula is C39H44Cl2CoN3O. The Balaban J connectivity index is 0.00000154. The third-order valence-electron chi connectivity index (χ3n) is 8.20.